The van der Waals surface area contributed by atoms with Crippen LogP contribution in [0.25, 0.3) is 0 Å². The second-order valence-corrected chi connectivity index (χ2v) is 9.01. The third-order valence-corrected chi connectivity index (χ3v) is 5.94. The number of ether oxygens (including phenoxy) is 1. The quantitative estimate of drug-likeness (QED) is 0.263. The van der Waals surface area contributed by atoms with E-state index in [1.54, 1.807) is 0 Å². The van der Waals surface area contributed by atoms with E-state index in [2.05, 4.69) is 12.2 Å². The van der Waals surface area contributed by atoms with Crippen molar-refractivity contribution in [2.45, 2.75) is 62.8 Å². The van der Waals surface area contributed by atoms with Crippen LogP contribution in [0.1, 0.15) is 61.4 Å². The zero-order chi connectivity index (χ0) is 23.4. The minimum Gasteiger partial charge on any atom is -0.464 e. The minimum absolute atomic E-state index is 0.190. The number of amides is 1. The first kappa shape index (κ1) is 25.5. The van der Waals surface area contributed by atoms with Gasteiger partial charge in [-0.1, -0.05) is 81.5 Å². The number of unbranched alkanes of at least 4 members (excludes halogenated alkanes) is 5. The van der Waals surface area contributed by atoms with Crippen molar-refractivity contribution in [2.75, 3.05) is 6.61 Å². The van der Waals surface area contributed by atoms with Crippen LogP contribution in [0, 0.1) is 0 Å². The highest BCUT2D eigenvalue weighted by atomic mass is 32.2. The molecule has 8 heteroatoms. The molecule has 2 N–H and O–H groups in total. The van der Waals surface area contributed by atoms with Crippen LogP contribution in [-0.2, 0) is 26.1 Å². The Morgan fingerprint density at radius 2 is 1.56 bits per heavy atom. The fraction of sp³-hybridized carbons (Fsp3) is 0.417. The highest BCUT2D eigenvalue weighted by molar-refractivity contribution is 7.86. The minimum atomic E-state index is -4.60. The summed E-state index contributed by atoms with van der Waals surface area (Å²) in [5, 5.41) is 2.57. The van der Waals surface area contributed by atoms with Crippen LogP contribution in [0.15, 0.2) is 59.5 Å². The van der Waals surface area contributed by atoms with Gasteiger partial charge in [0.25, 0.3) is 16.0 Å². The molecule has 0 heterocycles. The lowest BCUT2D eigenvalue weighted by Crippen LogP contribution is -2.43. The van der Waals surface area contributed by atoms with Gasteiger partial charge < -0.3 is 10.1 Å². The maximum Gasteiger partial charge on any atom is 0.328 e. The van der Waals surface area contributed by atoms with E-state index in [4.69, 9.17) is 4.74 Å². The van der Waals surface area contributed by atoms with Crippen molar-refractivity contribution in [2.24, 2.45) is 0 Å². The summed E-state index contributed by atoms with van der Waals surface area (Å²) in [6, 6.07) is 13.4. The predicted octanol–water partition coefficient (Wildman–Crippen LogP) is 4.18. The molecule has 2 rings (SSSR count). The van der Waals surface area contributed by atoms with Crippen LogP contribution in [0.4, 0.5) is 0 Å². The fourth-order valence-corrected chi connectivity index (χ4v) is 4.00. The van der Waals surface area contributed by atoms with Gasteiger partial charge in [-0.3, -0.25) is 9.35 Å². The summed E-state index contributed by atoms with van der Waals surface area (Å²) < 4.78 is 38.1. The van der Waals surface area contributed by atoms with Crippen molar-refractivity contribution in [3.63, 3.8) is 0 Å². The van der Waals surface area contributed by atoms with Gasteiger partial charge in [-0.15, -0.1) is 0 Å². The van der Waals surface area contributed by atoms with E-state index in [1.807, 2.05) is 30.3 Å². The maximum atomic E-state index is 12.8. The molecule has 0 saturated carbocycles. The number of carbonyl (C=O) groups is 2. The molecule has 0 aliphatic heterocycles. The highest BCUT2D eigenvalue weighted by Crippen LogP contribution is 2.16. The summed E-state index contributed by atoms with van der Waals surface area (Å²) in [5.41, 5.74) is 0.578. The molecule has 0 saturated heterocycles. The number of hydrogen-bond acceptors (Lipinski definition) is 5. The Labute approximate surface area is 189 Å². The Hall–Kier alpha value is -2.71. The average molecular weight is 462 g/mol. The summed E-state index contributed by atoms with van der Waals surface area (Å²) in [4.78, 5) is 25.0. The van der Waals surface area contributed by atoms with Gasteiger partial charge >= 0.3 is 5.97 Å². The standard InChI is InChI=1S/C24H31NO6S/c1-2-3-4-5-6-12-17-31-24(27)21(18-19-13-8-7-9-14-19)25-23(26)20-15-10-11-16-22(20)32(28,29)30/h7-11,13-16,21H,2-6,12,17-18H2,1H3,(H,25,26)(H,28,29,30). The second-order valence-electron chi connectivity index (χ2n) is 7.62. The van der Waals surface area contributed by atoms with Crippen molar-refractivity contribution in [1.82, 2.24) is 5.32 Å². The van der Waals surface area contributed by atoms with E-state index in [0.717, 1.165) is 43.7 Å². The van der Waals surface area contributed by atoms with E-state index in [0.29, 0.717) is 0 Å². The maximum absolute atomic E-state index is 12.8. The molecule has 0 bridgehead atoms. The fourth-order valence-electron chi connectivity index (χ4n) is 3.31. The summed E-state index contributed by atoms with van der Waals surface area (Å²) in [7, 11) is -4.60. The van der Waals surface area contributed by atoms with Crippen molar-refractivity contribution in [1.29, 1.82) is 0 Å². The number of nitrogens with one attached hydrogen (secondary N) is 1. The van der Waals surface area contributed by atoms with E-state index >= 15 is 0 Å². The van der Waals surface area contributed by atoms with Crippen LogP contribution in [0.5, 0.6) is 0 Å². The van der Waals surface area contributed by atoms with Gasteiger partial charge in [0.15, 0.2) is 0 Å². The van der Waals surface area contributed by atoms with E-state index in [-0.39, 0.29) is 18.6 Å². The van der Waals surface area contributed by atoms with Gasteiger partial charge in [-0.2, -0.15) is 8.42 Å². The first-order valence-corrected chi connectivity index (χ1v) is 12.3. The van der Waals surface area contributed by atoms with Gasteiger partial charge in [0.2, 0.25) is 0 Å². The molecular formula is C24H31NO6S. The summed E-state index contributed by atoms with van der Waals surface area (Å²) in [6.07, 6.45) is 6.49. The molecule has 0 aromatic heterocycles. The molecule has 0 aliphatic carbocycles. The van der Waals surface area contributed by atoms with Crippen LogP contribution in [-0.4, -0.2) is 37.5 Å². The molecule has 174 valence electrons. The number of esters is 1. The first-order chi connectivity index (χ1) is 15.3. The zero-order valence-electron chi connectivity index (χ0n) is 18.3. The largest absolute Gasteiger partial charge is 0.464 e. The van der Waals surface area contributed by atoms with E-state index in [9.17, 15) is 22.6 Å². The van der Waals surface area contributed by atoms with E-state index < -0.39 is 32.9 Å². The third kappa shape index (κ3) is 8.43. The third-order valence-electron chi connectivity index (χ3n) is 5.02. The van der Waals surface area contributed by atoms with Gasteiger partial charge in [0, 0.05) is 6.42 Å². The Morgan fingerprint density at radius 3 is 2.25 bits per heavy atom. The number of rotatable bonds is 13. The topological polar surface area (TPSA) is 110 Å². The second kappa shape index (κ2) is 13.0. The lowest BCUT2D eigenvalue weighted by atomic mass is 10.1. The van der Waals surface area contributed by atoms with Gasteiger partial charge in [-0.05, 0) is 24.1 Å². The normalized spacial score (nSPS) is 12.2. The molecule has 0 aliphatic rings. The number of benzene rings is 2. The SMILES string of the molecule is CCCCCCCCOC(=O)C(Cc1ccccc1)NC(=O)c1ccccc1S(=O)(=O)O. The summed E-state index contributed by atoms with van der Waals surface area (Å²) in [5.74, 6) is -1.37. The first-order valence-electron chi connectivity index (χ1n) is 10.9. The van der Waals surface area contributed by atoms with Crippen molar-refractivity contribution < 1.29 is 27.3 Å². The monoisotopic (exact) mass is 461 g/mol. The summed E-state index contributed by atoms with van der Waals surface area (Å²) >= 11 is 0. The molecule has 32 heavy (non-hydrogen) atoms. The van der Waals surface area contributed by atoms with Crippen molar-refractivity contribution >= 4 is 22.0 Å². The van der Waals surface area contributed by atoms with Gasteiger partial charge in [0.05, 0.1) is 12.2 Å². The molecule has 2 aromatic rings. The Bertz CT molecular complexity index is 975. The zero-order valence-corrected chi connectivity index (χ0v) is 19.1. The molecule has 0 spiro atoms. The van der Waals surface area contributed by atoms with Crippen LogP contribution in [0.2, 0.25) is 0 Å². The Kier molecular flexibility index (Phi) is 10.4. The Morgan fingerprint density at radius 1 is 0.938 bits per heavy atom. The lowest BCUT2D eigenvalue weighted by molar-refractivity contribution is -0.146. The van der Waals surface area contributed by atoms with Crippen LogP contribution < -0.4 is 5.32 Å². The molecule has 2 aromatic carbocycles. The van der Waals surface area contributed by atoms with Crippen LogP contribution >= 0.6 is 0 Å². The smallest absolute Gasteiger partial charge is 0.328 e. The van der Waals surface area contributed by atoms with Gasteiger partial charge in [-0.25, -0.2) is 4.79 Å². The molecule has 0 fully saturated rings. The molecular weight excluding hydrogens is 430 g/mol. The molecule has 1 unspecified atom stereocenters. The van der Waals surface area contributed by atoms with Crippen molar-refractivity contribution in [3.8, 4) is 0 Å². The molecule has 1 amide bonds. The lowest BCUT2D eigenvalue weighted by Gasteiger charge is -2.18. The molecule has 0 radical (unpaired) electrons. The number of hydrogen-bond donors (Lipinski definition) is 2. The predicted molar refractivity (Wildman–Crippen MR) is 122 cm³/mol. The Balaban J connectivity index is 2.07. The molecule has 7 nitrogen and oxygen atoms in total. The summed E-state index contributed by atoms with van der Waals surface area (Å²) in [6.45, 7) is 2.41. The average Bonchev–Trinajstić information content (AvgIpc) is 2.78. The van der Waals surface area contributed by atoms with Crippen molar-refractivity contribution in [3.05, 3.63) is 65.7 Å². The van der Waals surface area contributed by atoms with E-state index in [1.165, 1.54) is 24.6 Å². The molecule has 1 atom stereocenters. The van der Waals surface area contributed by atoms with Crippen LogP contribution in [0.3, 0.4) is 0 Å². The van der Waals surface area contributed by atoms with Gasteiger partial charge in [0.1, 0.15) is 10.9 Å². The number of carbonyl (C=O) groups excluding carboxylic acids is 2. The highest BCUT2D eigenvalue weighted by Gasteiger charge is 2.26.